The minimum absolute atomic E-state index is 0.0725. The molecule has 1 aromatic heterocycles. The van der Waals surface area contributed by atoms with E-state index >= 15 is 0 Å². The van der Waals surface area contributed by atoms with Crippen LogP contribution in [0, 0.1) is 6.92 Å². The van der Waals surface area contributed by atoms with Crippen molar-refractivity contribution in [2.45, 2.75) is 19.4 Å². The van der Waals surface area contributed by atoms with Crippen molar-refractivity contribution < 1.29 is 13.2 Å². The summed E-state index contributed by atoms with van der Waals surface area (Å²) >= 11 is 1.42. The molecule has 6 heteroatoms. The Morgan fingerprint density at radius 3 is 2.75 bits per heavy atom. The normalized spacial score (nSPS) is 23.2. The molecule has 1 unspecified atom stereocenters. The number of hydrogen-bond acceptors (Lipinski definition) is 4. The molecule has 1 aliphatic heterocycles. The van der Waals surface area contributed by atoms with Gasteiger partial charge in [0.2, 0.25) is 0 Å². The van der Waals surface area contributed by atoms with Crippen molar-refractivity contribution >= 4 is 27.1 Å². The molecule has 0 spiro atoms. The van der Waals surface area contributed by atoms with Gasteiger partial charge in [0.25, 0.3) is 5.91 Å². The van der Waals surface area contributed by atoms with E-state index in [0.717, 1.165) is 4.88 Å². The summed E-state index contributed by atoms with van der Waals surface area (Å²) in [6.45, 7) is 1.93. The first-order chi connectivity index (χ1) is 7.46. The number of aryl methyl sites for hydroxylation is 1. The molecule has 0 aliphatic carbocycles. The maximum atomic E-state index is 11.7. The summed E-state index contributed by atoms with van der Waals surface area (Å²) in [6, 6.07) is 3.42. The van der Waals surface area contributed by atoms with Gasteiger partial charge in [0, 0.05) is 10.9 Å². The number of hydrogen-bond donors (Lipinski definition) is 1. The molecule has 88 valence electrons. The summed E-state index contributed by atoms with van der Waals surface area (Å²) in [5.41, 5.74) is 0. The molecule has 1 amide bonds. The molecule has 1 fully saturated rings. The molecule has 1 saturated heterocycles. The van der Waals surface area contributed by atoms with Gasteiger partial charge < -0.3 is 5.32 Å². The van der Waals surface area contributed by atoms with Gasteiger partial charge in [-0.05, 0) is 25.5 Å². The highest BCUT2D eigenvalue weighted by atomic mass is 32.2. The minimum Gasteiger partial charge on any atom is -0.348 e. The van der Waals surface area contributed by atoms with Gasteiger partial charge in [-0.15, -0.1) is 11.3 Å². The molecule has 4 nitrogen and oxygen atoms in total. The van der Waals surface area contributed by atoms with Crippen LogP contribution in [0.25, 0.3) is 0 Å². The van der Waals surface area contributed by atoms with E-state index in [1.165, 1.54) is 11.3 Å². The highest BCUT2D eigenvalue weighted by molar-refractivity contribution is 7.91. The molecule has 1 aromatic rings. The van der Waals surface area contributed by atoms with Gasteiger partial charge in [-0.1, -0.05) is 0 Å². The zero-order valence-corrected chi connectivity index (χ0v) is 10.5. The smallest absolute Gasteiger partial charge is 0.261 e. The lowest BCUT2D eigenvalue weighted by atomic mass is 10.2. The Kier molecular flexibility index (Phi) is 3.03. The molecule has 16 heavy (non-hydrogen) atoms. The zero-order chi connectivity index (χ0) is 11.8. The second-order valence-corrected chi connectivity index (χ2v) is 7.50. The fraction of sp³-hybridized carbons (Fsp3) is 0.500. The third-order valence-corrected chi connectivity index (χ3v) is 5.30. The first kappa shape index (κ1) is 11.6. The predicted molar refractivity (Wildman–Crippen MR) is 63.6 cm³/mol. The third-order valence-electron chi connectivity index (χ3n) is 2.53. The molecule has 1 N–H and O–H groups in total. The first-order valence-electron chi connectivity index (χ1n) is 5.04. The average molecular weight is 259 g/mol. The monoisotopic (exact) mass is 259 g/mol. The van der Waals surface area contributed by atoms with Crippen LogP contribution in [0.4, 0.5) is 0 Å². The number of amides is 1. The highest BCUT2D eigenvalue weighted by Crippen LogP contribution is 2.17. The lowest BCUT2D eigenvalue weighted by Gasteiger charge is -2.08. The molecule has 0 radical (unpaired) electrons. The summed E-state index contributed by atoms with van der Waals surface area (Å²) in [5, 5.41) is 2.76. The zero-order valence-electron chi connectivity index (χ0n) is 8.89. The number of carbonyl (C=O) groups excluding carboxylic acids is 1. The van der Waals surface area contributed by atoms with Gasteiger partial charge in [0.15, 0.2) is 9.84 Å². The third kappa shape index (κ3) is 2.62. The van der Waals surface area contributed by atoms with Gasteiger partial charge in [0.1, 0.15) is 0 Å². The van der Waals surface area contributed by atoms with Gasteiger partial charge in [0.05, 0.1) is 16.4 Å². The predicted octanol–water partition coefficient (Wildman–Crippen LogP) is 0.973. The summed E-state index contributed by atoms with van der Waals surface area (Å²) in [6.07, 6.45) is 0.526. The Labute approximate surface area is 98.6 Å². The maximum absolute atomic E-state index is 11.7. The molecule has 0 aromatic carbocycles. The van der Waals surface area contributed by atoms with E-state index in [4.69, 9.17) is 0 Å². The lowest BCUT2D eigenvalue weighted by Crippen LogP contribution is -2.35. The largest absolute Gasteiger partial charge is 0.348 e. The van der Waals surface area contributed by atoms with Gasteiger partial charge >= 0.3 is 0 Å². The van der Waals surface area contributed by atoms with E-state index in [-0.39, 0.29) is 23.5 Å². The number of rotatable bonds is 2. The maximum Gasteiger partial charge on any atom is 0.261 e. The summed E-state index contributed by atoms with van der Waals surface area (Å²) in [7, 11) is -2.93. The van der Waals surface area contributed by atoms with Crippen LogP contribution in [0.15, 0.2) is 12.1 Å². The summed E-state index contributed by atoms with van der Waals surface area (Å²) in [5.74, 6) is 0.0880. The van der Waals surface area contributed by atoms with Crippen LogP contribution < -0.4 is 5.32 Å². The quantitative estimate of drug-likeness (QED) is 0.861. The second kappa shape index (κ2) is 4.18. The highest BCUT2D eigenvalue weighted by Gasteiger charge is 2.29. The molecule has 1 atom stereocenters. The summed E-state index contributed by atoms with van der Waals surface area (Å²) < 4.78 is 22.4. The van der Waals surface area contributed by atoms with Crippen molar-refractivity contribution in [1.29, 1.82) is 0 Å². The van der Waals surface area contributed by atoms with Crippen molar-refractivity contribution in [1.82, 2.24) is 5.32 Å². The van der Waals surface area contributed by atoms with E-state index < -0.39 is 9.84 Å². The van der Waals surface area contributed by atoms with Crippen LogP contribution in [0.5, 0.6) is 0 Å². The van der Waals surface area contributed by atoms with Crippen molar-refractivity contribution in [3.8, 4) is 0 Å². The Morgan fingerprint density at radius 2 is 2.25 bits per heavy atom. The standard InChI is InChI=1S/C10H13NO3S2/c1-7-2-3-9(15-7)10(12)11-8-4-5-16(13,14)6-8/h2-3,8H,4-6H2,1H3,(H,11,12). The van der Waals surface area contributed by atoms with E-state index in [9.17, 15) is 13.2 Å². The molecular formula is C10H13NO3S2. The molecular weight excluding hydrogens is 246 g/mol. The molecule has 2 rings (SSSR count). The van der Waals surface area contributed by atoms with Crippen LogP contribution in [0.2, 0.25) is 0 Å². The van der Waals surface area contributed by atoms with E-state index in [0.29, 0.717) is 11.3 Å². The van der Waals surface area contributed by atoms with Gasteiger partial charge in [-0.2, -0.15) is 0 Å². The van der Waals surface area contributed by atoms with E-state index in [2.05, 4.69) is 5.32 Å². The van der Waals surface area contributed by atoms with E-state index in [1.807, 2.05) is 13.0 Å². The van der Waals surface area contributed by atoms with Crippen molar-refractivity contribution in [3.05, 3.63) is 21.9 Å². The molecule has 0 saturated carbocycles. The van der Waals surface area contributed by atoms with Crippen LogP contribution in [0.1, 0.15) is 21.0 Å². The molecule has 1 aliphatic rings. The van der Waals surface area contributed by atoms with Crippen molar-refractivity contribution in [2.75, 3.05) is 11.5 Å². The first-order valence-corrected chi connectivity index (χ1v) is 7.68. The topological polar surface area (TPSA) is 63.2 Å². The second-order valence-electron chi connectivity index (χ2n) is 3.98. The van der Waals surface area contributed by atoms with Crippen LogP contribution in [-0.4, -0.2) is 31.9 Å². The molecule has 0 bridgehead atoms. The van der Waals surface area contributed by atoms with Gasteiger partial charge in [-0.25, -0.2) is 8.42 Å². The summed E-state index contributed by atoms with van der Waals surface area (Å²) in [4.78, 5) is 13.4. The Morgan fingerprint density at radius 1 is 1.50 bits per heavy atom. The fourth-order valence-electron chi connectivity index (χ4n) is 1.72. The van der Waals surface area contributed by atoms with Crippen LogP contribution in [0.3, 0.4) is 0 Å². The average Bonchev–Trinajstić information content (AvgIpc) is 2.73. The van der Waals surface area contributed by atoms with Crippen LogP contribution >= 0.6 is 11.3 Å². The van der Waals surface area contributed by atoms with Crippen LogP contribution in [-0.2, 0) is 9.84 Å². The fourth-order valence-corrected chi connectivity index (χ4v) is 4.17. The Hall–Kier alpha value is -0.880. The van der Waals surface area contributed by atoms with Crippen molar-refractivity contribution in [3.63, 3.8) is 0 Å². The van der Waals surface area contributed by atoms with Gasteiger partial charge in [-0.3, -0.25) is 4.79 Å². The number of sulfone groups is 1. The molecule has 2 heterocycles. The number of nitrogens with one attached hydrogen (secondary N) is 1. The SMILES string of the molecule is Cc1ccc(C(=O)NC2CCS(=O)(=O)C2)s1. The Balaban J connectivity index is 1.99. The number of carbonyl (C=O) groups is 1. The lowest BCUT2D eigenvalue weighted by molar-refractivity contribution is 0.0945. The minimum atomic E-state index is -2.93. The van der Waals surface area contributed by atoms with E-state index in [1.54, 1.807) is 6.07 Å². The number of thiophene rings is 1. The van der Waals surface area contributed by atoms with Crippen molar-refractivity contribution in [2.24, 2.45) is 0 Å². The Bertz CT molecular complexity index is 504.